The third kappa shape index (κ3) is 8.58. The Bertz CT molecular complexity index is 213. The van der Waals surface area contributed by atoms with E-state index in [9.17, 15) is 0 Å². The molecule has 0 fully saturated rings. The molecule has 1 heteroatoms. The van der Waals surface area contributed by atoms with E-state index in [-0.39, 0.29) is 0 Å². The van der Waals surface area contributed by atoms with Gasteiger partial charge in [0.2, 0.25) is 0 Å². The number of ether oxygens (including phenoxy) is 1. The number of rotatable bonds is 9. The number of allylic oxidation sites excluding steroid dienone is 4. The van der Waals surface area contributed by atoms with Gasteiger partial charge in [0, 0.05) is 6.42 Å². The number of hydrogen-bond acceptors (Lipinski definition) is 1. The summed E-state index contributed by atoms with van der Waals surface area (Å²) in [6.07, 6.45) is 11.4. The van der Waals surface area contributed by atoms with E-state index in [1.54, 1.807) is 0 Å². The molecular weight excluding hydrogens is 196 g/mol. The van der Waals surface area contributed by atoms with E-state index in [4.69, 9.17) is 4.74 Å². The molecule has 0 N–H and O–H groups in total. The summed E-state index contributed by atoms with van der Waals surface area (Å²) in [4.78, 5) is 0. The minimum absolute atomic E-state index is 0.869. The molecular formula is C15H28O. The molecule has 16 heavy (non-hydrogen) atoms. The van der Waals surface area contributed by atoms with Crippen molar-refractivity contribution >= 4 is 0 Å². The molecule has 0 aromatic rings. The first-order valence-electron chi connectivity index (χ1n) is 6.73. The molecule has 0 spiro atoms. The van der Waals surface area contributed by atoms with Gasteiger partial charge in [0.25, 0.3) is 0 Å². The van der Waals surface area contributed by atoms with E-state index in [1.807, 2.05) is 0 Å². The zero-order valence-corrected chi connectivity index (χ0v) is 11.5. The monoisotopic (exact) mass is 224 g/mol. The first-order valence-corrected chi connectivity index (χ1v) is 6.73. The maximum atomic E-state index is 5.74. The zero-order valence-electron chi connectivity index (χ0n) is 11.5. The molecule has 0 radical (unpaired) electrons. The Balaban J connectivity index is 3.96. The van der Waals surface area contributed by atoms with Crippen molar-refractivity contribution in [2.75, 3.05) is 6.61 Å². The molecule has 0 heterocycles. The normalized spacial score (nSPS) is 13.0. The van der Waals surface area contributed by atoms with Crippen LogP contribution >= 0.6 is 0 Å². The average Bonchev–Trinajstić information content (AvgIpc) is 2.28. The second kappa shape index (κ2) is 10.8. The second-order valence-electron chi connectivity index (χ2n) is 4.31. The number of unbranched alkanes of at least 4 members (excludes halogenated alkanes) is 2. The average molecular weight is 224 g/mol. The summed E-state index contributed by atoms with van der Waals surface area (Å²) in [6, 6.07) is 0. The topological polar surface area (TPSA) is 9.23 Å². The highest BCUT2D eigenvalue weighted by molar-refractivity contribution is 5.13. The van der Waals surface area contributed by atoms with Crippen molar-refractivity contribution < 1.29 is 4.74 Å². The minimum atomic E-state index is 0.869. The van der Waals surface area contributed by atoms with E-state index in [2.05, 4.69) is 39.8 Å². The van der Waals surface area contributed by atoms with Crippen molar-refractivity contribution in [2.24, 2.45) is 0 Å². The van der Waals surface area contributed by atoms with Gasteiger partial charge in [-0.15, -0.1) is 0 Å². The highest BCUT2D eigenvalue weighted by atomic mass is 16.5. The lowest BCUT2D eigenvalue weighted by atomic mass is 10.1. The highest BCUT2D eigenvalue weighted by Gasteiger charge is 1.94. The van der Waals surface area contributed by atoms with Gasteiger partial charge in [-0.05, 0) is 25.8 Å². The molecule has 0 saturated carbocycles. The van der Waals surface area contributed by atoms with Crippen LogP contribution in [0.5, 0.6) is 0 Å². The Morgan fingerprint density at radius 2 is 1.75 bits per heavy atom. The van der Waals surface area contributed by atoms with Crippen LogP contribution < -0.4 is 0 Å². The summed E-state index contributed by atoms with van der Waals surface area (Å²) in [7, 11) is 0. The summed E-state index contributed by atoms with van der Waals surface area (Å²) in [5, 5.41) is 0. The third-order valence-corrected chi connectivity index (χ3v) is 2.58. The van der Waals surface area contributed by atoms with E-state index < -0.39 is 0 Å². The van der Waals surface area contributed by atoms with E-state index in [1.165, 1.54) is 37.7 Å². The van der Waals surface area contributed by atoms with Crippen LogP contribution in [0.4, 0.5) is 0 Å². The molecule has 0 rings (SSSR count). The minimum Gasteiger partial charge on any atom is -0.498 e. The molecule has 0 aliphatic heterocycles. The fourth-order valence-electron chi connectivity index (χ4n) is 1.54. The van der Waals surface area contributed by atoms with E-state index in [0.29, 0.717) is 0 Å². The van der Waals surface area contributed by atoms with Crippen molar-refractivity contribution in [1.82, 2.24) is 0 Å². The van der Waals surface area contributed by atoms with Crippen molar-refractivity contribution in [3.63, 3.8) is 0 Å². The Kier molecular flexibility index (Phi) is 10.3. The lowest BCUT2D eigenvalue weighted by Crippen LogP contribution is -1.94. The smallest absolute Gasteiger partial charge is 0.0956 e. The van der Waals surface area contributed by atoms with Gasteiger partial charge in [-0.3, -0.25) is 0 Å². The Hall–Kier alpha value is -0.720. The SMILES string of the molecule is CCCCCO/C(=C/C=C(\C)CCC)CC. The van der Waals surface area contributed by atoms with Crippen LogP contribution in [-0.4, -0.2) is 6.61 Å². The largest absolute Gasteiger partial charge is 0.498 e. The fourth-order valence-corrected chi connectivity index (χ4v) is 1.54. The van der Waals surface area contributed by atoms with E-state index in [0.717, 1.165) is 18.8 Å². The van der Waals surface area contributed by atoms with Crippen LogP contribution in [0.1, 0.15) is 66.2 Å². The van der Waals surface area contributed by atoms with Crippen LogP contribution in [0.2, 0.25) is 0 Å². The summed E-state index contributed by atoms with van der Waals surface area (Å²) < 4.78 is 5.74. The van der Waals surface area contributed by atoms with Crippen molar-refractivity contribution in [2.45, 2.75) is 66.2 Å². The number of hydrogen-bond donors (Lipinski definition) is 0. The van der Waals surface area contributed by atoms with Crippen LogP contribution in [-0.2, 0) is 4.74 Å². The first kappa shape index (κ1) is 15.3. The predicted octanol–water partition coefficient (Wildman–Crippen LogP) is 5.23. The van der Waals surface area contributed by atoms with Crippen molar-refractivity contribution in [1.29, 1.82) is 0 Å². The molecule has 0 aromatic carbocycles. The summed E-state index contributed by atoms with van der Waals surface area (Å²) >= 11 is 0. The van der Waals surface area contributed by atoms with Crippen molar-refractivity contribution in [3.05, 3.63) is 23.5 Å². The Morgan fingerprint density at radius 3 is 2.31 bits per heavy atom. The molecule has 0 saturated heterocycles. The molecule has 0 bridgehead atoms. The second-order valence-corrected chi connectivity index (χ2v) is 4.31. The van der Waals surface area contributed by atoms with Crippen LogP contribution in [0, 0.1) is 0 Å². The summed E-state index contributed by atoms with van der Waals surface area (Å²) in [5.41, 5.74) is 1.44. The Morgan fingerprint density at radius 1 is 1.00 bits per heavy atom. The van der Waals surface area contributed by atoms with Gasteiger partial charge in [-0.2, -0.15) is 0 Å². The van der Waals surface area contributed by atoms with Crippen LogP contribution in [0.15, 0.2) is 23.5 Å². The van der Waals surface area contributed by atoms with Gasteiger partial charge in [-0.25, -0.2) is 0 Å². The predicted molar refractivity (Wildman–Crippen MR) is 72.5 cm³/mol. The van der Waals surface area contributed by atoms with Gasteiger partial charge < -0.3 is 4.74 Å². The lowest BCUT2D eigenvalue weighted by molar-refractivity contribution is 0.198. The summed E-state index contributed by atoms with van der Waals surface area (Å²) in [6.45, 7) is 9.63. The molecule has 0 aliphatic rings. The van der Waals surface area contributed by atoms with Gasteiger partial charge >= 0.3 is 0 Å². The molecule has 1 nitrogen and oxygen atoms in total. The lowest BCUT2D eigenvalue weighted by Gasteiger charge is -2.07. The molecule has 0 atom stereocenters. The van der Waals surface area contributed by atoms with Crippen molar-refractivity contribution in [3.8, 4) is 0 Å². The molecule has 94 valence electrons. The Labute approximate surface area is 102 Å². The zero-order chi connectivity index (χ0) is 12.2. The molecule has 0 aromatic heterocycles. The van der Waals surface area contributed by atoms with Gasteiger partial charge in [0.1, 0.15) is 0 Å². The molecule has 0 aliphatic carbocycles. The standard InChI is InChI=1S/C15H28O/c1-5-8-9-13-16-15(7-3)12-11-14(4)10-6-2/h11-12H,5-10,13H2,1-4H3/b14-11+,15-12+. The van der Waals surface area contributed by atoms with Crippen LogP contribution in [0.25, 0.3) is 0 Å². The van der Waals surface area contributed by atoms with Crippen LogP contribution in [0.3, 0.4) is 0 Å². The van der Waals surface area contributed by atoms with Gasteiger partial charge in [-0.1, -0.05) is 51.7 Å². The molecule has 0 unspecified atom stereocenters. The highest BCUT2D eigenvalue weighted by Crippen LogP contribution is 2.09. The summed E-state index contributed by atoms with van der Waals surface area (Å²) in [5.74, 6) is 1.12. The van der Waals surface area contributed by atoms with E-state index >= 15 is 0 Å². The van der Waals surface area contributed by atoms with Gasteiger partial charge in [0.05, 0.1) is 12.4 Å². The first-order chi connectivity index (χ1) is 7.74. The fraction of sp³-hybridized carbons (Fsp3) is 0.733. The maximum absolute atomic E-state index is 5.74. The quantitative estimate of drug-likeness (QED) is 0.296. The maximum Gasteiger partial charge on any atom is 0.0956 e. The molecule has 0 amide bonds. The third-order valence-electron chi connectivity index (χ3n) is 2.58. The van der Waals surface area contributed by atoms with Gasteiger partial charge in [0.15, 0.2) is 0 Å².